The number of aliphatic imine (C=N–C) groups is 1. The van der Waals surface area contributed by atoms with Crippen molar-refractivity contribution in [2.45, 2.75) is 13.3 Å². The topological polar surface area (TPSA) is 83.0 Å². The zero-order valence-electron chi connectivity index (χ0n) is 13.4. The third-order valence-corrected chi connectivity index (χ3v) is 4.26. The van der Waals surface area contributed by atoms with Crippen molar-refractivity contribution in [2.24, 2.45) is 4.99 Å². The van der Waals surface area contributed by atoms with Gasteiger partial charge in [-0.05, 0) is 30.7 Å². The number of aromatic amines is 1. The van der Waals surface area contributed by atoms with Crippen molar-refractivity contribution < 1.29 is 4.79 Å². The minimum Gasteiger partial charge on any atom is -0.341 e. The molecule has 0 spiro atoms. The molecule has 2 aromatic heterocycles. The highest BCUT2D eigenvalue weighted by Crippen LogP contribution is 2.31. The van der Waals surface area contributed by atoms with Gasteiger partial charge in [0.05, 0.1) is 5.71 Å². The summed E-state index contributed by atoms with van der Waals surface area (Å²) in [6, 6.07) is 7.40. The Bertz CT molecular complexity index is 995. The Labute approximate surface area is 149 Å². The molecule has 0 atom stereocenters. The summed E-state index contributed by atoms with van der Waals surface area (Å²) in [5.41, 5.74) is 4.43. The van der Waals surface area contributed by atoms with Crippen molar-refractivity contribution in [3.05, 3.63) is 70.4 Å². The van der Waals surface area contributed by atoms with Gasteiger partial charge >= 0.3 is 0 Å². The third kappa shape index (κ3) is 3.04. The SMILES string of the molecule is Cc1cnc2c(c1)CC(c1cc(NC(=O)c3ncc[nH]3)ccc1Cl)=N2. The standard InChI is InChI=1S/C18H14ClN5O/c1-10-6-11-7-15(24-16(11)22-9-10)13-8-12(2-3-14(13)19)23-18(25)17-20-4-5-21-17/h2-6,8-9H,7H2,1H3,(H,20,21)(H,23,25). The normalized spacial score (nSPS) is 12.6. The van der Waals surface area contributed by atoms with E-state index in [-0.39, 0.29) is 11.7 Å². The number of aryl methyl sites for hydroxylation is 1. The van der Waals surface area contributed by atoms with Gasteiger partial charge in [0, 0.05) is 46.8 Å². The second kappa shape index (κ2) is 6.14. The summed E-state index contributed by atoms with van der Waals surface area (Å²) < 4.78 is 0. The minimum atomic E-state index is -0.313. The average molecular weight is 352 g/mol. The first kappa shape index (κ1) is 15.5. The average Bonchev–Trinajstić information content (AvgIpc) is 3.25. The molecule has 0 fully saturated rings. The van der Waals surface area contributed by atoms with Crippen LogP contribution in [-0.2, 0) is 6.42 Å². The van der Waals surface area contributed by atoms with Crippen LogP contribution in [0.2, 0.25) is 5.02 Å². The molecule has 1 aliphatic rings. The zero-order valence-corrected chi connectivity index (χ0v) is 14.1. The fourth-order valence-corrected chi connectivity index (χ4v) is 2.99. The van der Waals surface area contributed by atoms with Crippen LogP contribution in [0.4, 0.5) is 11.5 Å². The molecule has 2 N–H and O–H groups in total. The lowest BCUT2D eigenvalue weighted by molar-refractivity contribution is 0.101. The third-order valence-electron chi connectivity index (χ3n) is 3.93. The molecular formula is C18H14ClN5O. The van der Waals surface area contributed by atoms with Crippen LogP contribution in [-0.4, -0.2) is 26.6 Å². The largest absolute Gasteiger partial charge is 0.341 e. The molecule has 7 heteroatoms. The van der Waals surface area contributed by atoms with E-state index in [0.29, 0.717) is 17.1 Å². The van der Waals surface area contributed by atoms with E-state index < -0.39 is 0 Å². The molecule has 0 bridgehead atoms. The second-order valence-electron chi connectivity index (χ2n) is 5.82. The van der Waals surface area contributed by atoms with Crippen molar-refractivity contribution in [3.63, 3.8) is 0 Å². The summed E-state index contributed by atoms with van der Waals surface area (Å²) >= 11 is 6.35. The molecule has 3 heterocycles. The fourth-order valence-electron chi connectivity index (χ4n) is 2.76. The summed E-state index contributed by atoms with van der Waals surface area (Å²) in [5.74, 6) is 0.663. The molecule has 3 aromatic rings. The van der Waals surface area contributed by atoms with E-state index >= 15 is 0 Å². The maximum absolute atomic E-state index is 12.1. The number of nitrogens with one attached hydrogen (secondary N) is 2. The quantitative estimate of drug-likeness (QED) is 0.754. The lowest BCUT2D eigenvalue weighted by atomic mass is 10.0. The fraction of sp³-hybridized carbons (Fsp3) is 0.111. The van der Waals surface area contributed by atoms with Crippen molar-refractivity contribution in [2.75, 3.05) is 5.32 Å². The second-order valence-corrected chi connectivity index (χ2v) is 6.22. The molecule has 124 valence electrons. The number of halogens is 1. The molecular weight excluding hydrogens is 338 g/mol. The van der Waals surface area contributed by atoms with E-state index in [0.717, 1.165) is 28.2 Å². The smallest absolute Gasteiger partial charge is 0.291 e. The minimum absolute atomic E-state index is 0.252. The van der Waals surface area contributed by atoms with Crippen molar-refractivity contribution >= 4 is 34.7 Å². The van der Waals surface area contributed by atoms with Crippen molar-refractivity contribution in [1.82, 2.24) is 15.0 Å². The molecule has 0 unspecified atom stereocenters. The highest BCUT2D eigenvalue weighted by molar-refractivity contribution is 6.34. The lowest BCUT2D eigenvalue weighted by Crippen LogP contribution is -2.14. The zero-order chi connectivity index (χ0) is 17.4. The molecule has 25 heavy (non-hydrogen) atoms. The van der Waals surface area contributed by atoms with Gasteiger partial charge in [-0.3, -0.25) is 4.79 Å². The molecule has 0 saturated heterocycles. The first-order valence-corrected chi connectivity index (χ1v) is 8.12. The molecule has 1 aromatic carbocycles. The van der Waals surface area contributed by atoms with Gasteiger partial charge in [-0.2, -0.15) is 0 Å². The van der Waals surface area contributed by atoms with Gasteiger partial charge < -0.3 is 10.3 Å². The van der Waals surface area contributed by atoms with Gasteiger partial charge in [0.2, 0.25) is 0 Å². The van der Waals surface area contributed by atoms with E-state index in [1.165, 1.54) is 6.20 Å². The van der Waals surface area contributed by atoms with E-state index in [1.54, 1.807) is 24.5 Å². The Morgan fingerprint density at radius 1 is 1.28 bits per heavy atom. The number of pyridine rings is 1. The van der Waals surface area contributed by atoms with E-state index in [2.05, 4.69) is 31.3 Å². The number of imidazole rings is 1. The molecule has 0 saturated carbocycles. The number of nitrogens with zero attached hydrogens (tertiary/aromatic N) is 3. The lowest BCUT2D eigenvalue weighted by Gasteiger charge is -2.08. The van der Waals surface area contributed by atoms with Crippen LogP contribution < -0.4 is 5.32 Å². The maximum Gasteiger partial charge on any atom is 0.291 e. The van der Waals surface area contributed by atoms with E-state index in [4.69, 9.17) is 11.6 Å². The van der Waals surface area contributed by atoms with Gasteiger partial charge in [0.15, 0.2) is 11.6 Å². The molecule has 0 aliphatic carbocycles. The number of rotatable bonds is 3. The Hall–Kier alpha value is -2.99. The van der Waals surface area contributed by atoms with Crippen LogP contribution in [0.25, 0.3) is 0 Å². The number of carbonyl (C=O) groups excluding carboxylic acids is 1. The highest BCUT2D eigenvalue weighted by Gasteiger charge is 2.20. The van der Waals surface area contributed by atoms with Crippen LogP contribution in [0.3, 0.4) is 0 Å². The summed E-state index contributed by atoms with van der Waals surface area (Å²) in [6.45, 7) is 2.00. The van der Waals surface area contributed by atoms with Crippen molar-refractivity contribution in [3.8, 4) is 0 Å². The van der Waals surface area contributed by atoms with Crippen LogP contribution in [0.15, 0.2) is 47.8 Å². The number of aromatic nitrogens is 3. The Morgan fingerprint density at radius 2 is 2.16 bits per heavy atom. The first-order valence-electron chi connectivity index (χ1n) is 7.74. The summed E-state index contributed by atoms with van der Waals surface area (Å²) in [4.78, 5) is 27.8. The van der Waals surface area contributed by atoms with E-state index in [1.807, 2.05) is 13.0 Å². The Kier molecular flexibility index (Phi) is 3.82. The number of hydrogen-bond donors (Lipinski definition) is 2. The van der Waals surface area contributed by atoms with Crippen molar-refractivity contribution in [1.29, 1.82) is 0 Å². The Morgan fingerprint density at radius 3 is 2.96 bits per heavy atom. The van der Waals surface area contributed by atoms with Crippen LogP contribution in [0, 0.1) is 6.92 Å². The van der Waals surface area contributed by atoms with Crippen LogP contribution in [0.5, 0.6) is 0 Å². The monoisotopic (exact) mass is 351 g/mol. The highest BCUT2D eigenvalue weighted by atomic mass is 35.5. The molecule has 1 amide bonds. The molecule has 0 radical (unpaired) electrons. The van der Waals surface area contributed by atoms with Gasteiger partial charge in [0.1, 0.15) is 0 Å². The number of amides is 1. The van der Waals surface area contributed by atoms with E-state index in [9.17, 15) is 4.79 Å². The maximum atomic E-state index is 12.1. The van der Waals surface area contributed by atoms with Gasteiger partial charge in [-0.1, -0.05) is 17.7 Å². The predicted octanol–water partition coefficient (Wildman–Crippen LogP) is 3.70. The van der Waals surface area contributed by atoms with Gasteiger partial charge in [-0.15, -0.1) is 0 Å². The summed E-state index contributed by atoms with van der Waals surface area (Å²) in [6.07, 6.45) is 5.59. The molecule has 6 nitrogen and oxygen atoms in total. The number of anilines is 1. The van der Waals surface area contributed by atoms with Crippen LogP contribution >= 0.6 is 11.6 Å². The van der Waals surface area contributed by atoms with Gasteiger partial charge in [-0.25, -0.2) is 15.0 Å². The first-order chi connectivity index (χ1) is 12.1. The molecule has 4 rings (SSSR count). The Balaban J connectivity index is 1.62. The molecule has 1 aliphatic heterocycles. The number of hydrogen-bond acceptors (Lipinski definition) is 4. The predicted molar refractivity (Wildman–Crippen MR) is 96.9 cm³/mol. The summed E-state index contributed by atoms with van der Waals surface area (Å²) in [5, 5.41) is 3.39. The van der Waals surface area contributed by atoms with Crippen LogP contribution in [0.1, 0.15) is 27.3 Å². The number of benzene rings is 1. The van der Waals surface area contributed by atoms with Gasteiger partial charge in [0.25, 0.3) is 5.91 Å². The summed E-state index contributed by atoms with van der Waals surface area (Å²) in [7, 11) is 0. The number of fused-ring (bicyclic) bond motifs is 1. The number of carbonyl (C=O) groups is 1. The number of H-pyrrole nitrogens is 1.